The summed E-state index contributed by atoms with van der Waals surface area (Å²) < 4.78 is 0. The molecule has 0 radical (unpaired) electrons. The van der Waals surface area contributed by atoms with Crippen molar-refractivity contribution in [2.24, 2.45) is 5.92 Å². The number of nitriles is 1. The van der Waals surface area contributed by atoms with Crippen molar-refractivity contribution in [3.8, 4) is 6.07 Å². The Morgan fingerprint density at radius 3 is 2.38 bits per heavy atom. The van der Waals surface area contributed by atoms with Gasteiger partial charge in [-0.25, -0.2) is 9.59 Å². The monoisotopic (exact) mass is 289 g/mol. The number of hydrogen-bond acceptors (Lipinski definition) is 3. The fraction of sp³-hybridized carbons (Fsp3) is 0.400. The summed E-state index contributed by atoms with van der Waals surface area (Å²) in [6.07, 6.45) is 0.375. The Balaban J connectivity index is 2.48. The van der Waals surface area contributed by atoms with E-state index in [-0.39, 0.29) is 12.5 Å². The molecule has 0 aliphatic carbocycles. The Morgan fingerprint density at radius 2 is 1.90 bits per heavy atom. The van der Waals surface area contributed by atoms with Crippen molar-refractivity contribution in [2.75, 3.05) is 0 Å². The van der Waals surface area contributed by atoms with Crippen LogP contribution in [0.5, 0.6) is 0 Å². The largest absolute Gasteiger partial charge is 0.480 e. The third-order valence-electron chi connectivity index (χ3n) is 2.85. The summed E-state index contributed by atoms with van der Waals surface area (Å²) in [4.78, 5) is 22.7. The topological polar surface area (TPSA) is 102 Å². The minimum atomic E-state index is -1.04. The van der Waals surface area contributed by atoms with Crippen LogP contribution in [-0.4, -0.2) is 23.1 Å². The number of hydrogen-bond donors (Lipinski definition) is 3. The lowest BCUT2D eigenvalue weighted by Gasteiger charge is -2.16. The van der Waals surface area contributed by atoms with Gasteiger partial charge >= 0.3 is 12.0 Å². The second-order valence-corrected chi connectivity index (χ2v) is 5.16. The third kappa shape index (κ3) is 5.95. The summed E-state index contributed by atoms with van der Waals surface area (Å²) in [6.45, 7) is 4.06. The lowest BCUT2D eigenvalue weighted by atomic mass is 10.0. The van der Waals surface area contributed by atoms with Gasteiger partial charge in [0.05, 0.1) is 11.6 Å². The first-order valence-electron chi connectivity index (χ1n) is 6.68. The minimum Gasteiger partial charge on any atom is -0.480 e. The first-order chi connectivity index (χ1) is 9.92. The van der Waals surface area contributed by atoms with Crippen molar-refractivity contribution < 1.29 is 14.7 Å². The van der Waals surface area contributed by atoms with Crippen molar-refractivity contribution in [1.82, 2.24) is 10.6 Å². The molecule has 112 valence electrons. The molecule has 0 heterocycles. The molecule has 0 aliphatic rings. The first-order valence-corrected chi connectivity index (χ1v) is 6.68. The number of carboxylic acids is 1. The van der Waals surface area contributed by atoms with E-state index in [1.807, 2.05) is 19.9 Å². The Morgan fingerprint density at radius 1 is 1.29 bits per heavy atom. The second-order valence-electron chi connectivity index (χ2n) is 5.16. The molecule has 21 heavy (non-hydrogen) atoms. The van der Waals surface area contributed by atoms with Gasteiger partial charge in [-0.15, -0.1) is 0 Å². The molecule has 0 spiro atoms. The number of nitrogens with one attached hydrogen (secondary N) is 2. The molecule has 0 saturated heterocycles. The summed E-state index contributed by atoms with van der Waals surface area (Å²) in [5.41, 5.74) is 1.38. The van der Waals surface area contributed by atoms with Crippen LogP contribution in [0, 0.1) is 17.2 Å². The van der Waals surface area contributed by atoms with Gasteiger partial charge in [-0.3, -0.25) is 0 Å². The van der Waals surface area contributed by atoms with Crippen molar-refractivity contribution in [3.63, 3.8) is 0 Å². The van der Waals surface area contributed by atoms with Gasteiger partial charge in [0.25, 0.3) is 0 Å². The molecule has 2 amide bonds. The van der Waals surface area contributed by atoms with E-state index < -0.39 is 18.0 Å². The zero-order valence-corrected chi connectivity index (χ0v) is 12.1. The molecule has 6 nitrogen and oxygen atoms in total. The molecular formula is C15H19N3O3. The van der Waals surface area contributed by atoms with Crippen molar-refractivity contribution >= 4 is 12.0 Å². The number of aliphatic carboxylic acids is 1. The minimum absolute atomic E-state index is 0.171. The predicted molar refractivity (Wildman–Crippen MR) is 77.4 cm³/mol. The molecule has 1 atom stereocenters. The molecule has 0 unspecified atom stereocenters. The van der Waals surface area contributed by atoms with Crippen LogP contribution in [0.3, 0.4) is 0 Å². The molecule has 3 N–H and O–H groups in total. The molecule has 1 aromatic rings. The Hall–Kier alpha value is -2.55. The molecule has 0 bridgehead atoms. The van der Waals surface area contributed by atoms with Crippen LogP contribution in [0.2, 0.25) is 0 Å². The molecule has 0 aromatic heterocycles. The number of rotatable bonds is 6. The maximum Gasteiger partial charge on any atom is 0.326 e. The highest BCUT2D eigenvalue weighted by Gasteiger charge is 2.20. The fourth-order valence-corrected chi connectivity index (χ4v) is 1.78. The molecular weight excluding hydrogens is 270 g/mol. The number of urea groups is 1. The van der Waals surface area contributed by atoms with Gasteiger partial charge in [0.15, 0.2) is 0 Å². The van der Waals surface area contributed by atoms with Gasteiger partial charge in [-0.1, -0.05) is 26.0 Å². The Labute approximate surface area is 123 Å². The first kappa shape index (κ1) is 16.5. The standard InChI is InChI=1S/C15H19N3O3/c1-10(2)7-13(14(19)20)18-15(21)17-9-12-5-3-11(8-16)4-6-12/h3-6,10,13H,7,9H2,1-2H3,(H,19,20)(H2,17,18,21)/t13-/m0/s1. The third-order valence-corrected chi connectivity index (χ3v) is 2.85. The van der Waals surface area contributed by atoms with Gasteiger partial charge < -0.3 is 15.7 Å². The molecule has 1 aromatic carbocycles. The van der Waals surface area contributed by atoms with E-state index in [0.717, 1.165) is 5.56 Å². The van der Waals surface area contributed by atoms with E-state index in [1.54, 1.807) is 24.3 Å². The molecule has 0 fully saturated rings. The van der Waals surface area contributed by atoms with Crippen molar-refractivity contribution in [1.29, 1.82) is 5.26 Å². The SMILES string of the molecule is CC(C)C[C@H](NC(=O)NCc1ccc(C#N)cc1)C(=O)O. The molecule has 6 heteroatoms. The van der Waals surface area contributed by atoms with Gasteiger partial charge in [-0.05, 0) is 30.0 Å². The van der Waals surface area contributed by atoms with Gasteiger partial charge in [0.2, 0.25) is 0 Å². The van der Waals surface area contributed by atoms with E-state index in [2.05, 4.69) is 10.6 Å². The summed E-state index contributed by atoms with van der Waals surface area (Å²) in [7, 11) is 0. The lowest BCUT2D eigenvalue weighted by Crippen LogP contribution is -2.46. The Kier molecular flexibility index (Phi) is 6.21. The average Bonchev–Trinajstić information content (AvgIpc) is 2.44. The smallest absolute Gasteiger partial charge is 0.326 e. The average molecular weight is 289 g/mol. The van der Waals surface area contributed by atoms with Crippen LogP contribution >= 0.6 is 0 Å². The predicted octanol–water partition coefficient (Wildman–Crippen LogP) is 1.86. The normalized spacial score (nSPS) is 11.5. The van der Waals surface area contributed by atoms with Crippen LogP contribution < -0.4 is 10.6 Å². The zero-order valence-electron chi connectivity index (χ0n) is 12.1. The van der Waals surface area contributed by atoms with Crippen LogP contribution in [0.15, 0.2) is 24.3 Å². The number of carboxylic acid groups (broad SMARTS) is 1. The van der Waals surface area contributed by atoms with Crippen LogP contribution in [-0.2, 0) is 11.3 Å². The number of carbonyl (C=O) groups excluding carboxylic acids is 1. The van der Waals surface area contributed by atoms with E-state index in [0.29, 0.717) is 12.0 Å². The molecule has 0 aliphatic heterocycles. The number of nitrogens with zero attached hydrogens (tertiary/aromatic N) is 1. The Bertz CT molecular complexity index is 532. The van der Waals surface area contributed by atoms with Crippen molar-refractivity contribution in [2.45, 2.75) is 32.9 Å². The van der Waals surface area contributed by atoms with Crippen LogP contribution in [0.4, 0.5) is 4.79 Å². The summed E-state index contributed by atoms with van der Waals surface area (Å²) in [5, 5.41) is 22.8. The summed E-state index contributed by atoms with van der Waals surface area (Å²) >= 11 is 0. The highest BCUT2D eigenvalue weighted by Crippen LogP contribution is 2.05. The van der Waals surface area contributed by atoms with Gasteiger partial charge in [0.1, 0.15) is 6.04 Å². The molecule has 1 rings (SSSR count). The van der Waals surface area contributed by atoms with Gasteiger partial charge in [0, 0.05) is 6.54 Å². The van der Waals surface area contributed by atoms with Crippen LogP contribution in [0.25, 0.3) is 0 Å². The maximum absolute atomic E-state index is 11.7. The quantitative estimate of drug-likeness (QED) is 0.743. The van der Waals surface area contributed by atoms with E-state index in [9.17, 15) is 9.59 Å². The van der Waals surface area contributed by atoms with E-state index in [1.165, 1.54) is 0 Å². The molecule has 0 saturated carbocycles. The maximum atomic E-state index is 11.7. The summed E-state index contributed by atoms with van der Waals surface area (Å²) in [6, 6.07) is 7.39. The number of amides is 2. The highest BCUT2D eigenvalue weighted by molar-refractivity contribution is 5.82. The van der Waals surface area contributed by atoms with Crippen LogP contribution in [0.1, 0.15) is 31.4 Å². The highest BCUT2D eigenvalue weighted by atomic mass is 16.4. The number of carbonyl (C=O) groups is 2. The zero-order chi connectivity index (χ0) is 15.8. The van der Waals surface area contributed by atoms with Crippen molar-refractivity contribution in [3.05, 3.63) is 35.4 Å². The fourth-order valence-electron chi connectivity index (χ4n) is 1.78. The second kappa shape index (κ2) is 7.90. The lowest BCUT2D eigenvalue weighted by molar-refractivity contribution is -0.139. The summed E-state index contributed by atoms with van der Waals surface area (Å²) in [5.74, 6) is -0.873. The number of benzene rings is 1. The van der Waals surface area contributed by atoms with Gasteiger partial charge in [-0.2, -0.15) is 5.26 Å². The van der Waals surface area contributed by atoms with E-state index >= 15 is 0 Å². The van der Waals surface area contributed by atoms with E-state index in [4.69, 9.17) is 10.4 Å².